The Bertz CT molecular complexity index is 723. The predicted octanol–water partition coefficient (Wildman–Crippen LogP) is 3.00. The molecule has 0 atom stereocenters. The average Bonchev–Trinajstić information content (AvgIpc) is 3.12. The second-order valence-corrected chi connectivity index (χ2v) is 5.66. The minimum absolute atomic E-state index is 0.362. The average molecular weight is 327 g/mol. The number of carbonyl (C=O) groups excluding carboxylic acids is 2. The zero-order chi connectivity index (χ0) is 16.9. The lowest BCUT2D eigenvalue weighted by Crippen LogP contribution is -2.29. The largest absolute Gasteiger partial charge is 0.372 e. The third-order valence-corrected chi connectivity index (χ3v) is 3.90. The first-order chi connectivity index (χ1) is 11.6. The summed E-state index contributed by atoms with van der Waals surface area (Å²) in [7, 11) is 0. The molecule has 1 aliphatic heterocycles. The maximum absolute atomic E-state index is 12.8. The molecule has 3 rings (SSSR count). The number of rotatable bonds is 3. The molecular formula is C18H18FN3O2. The first-order valence-electron chi connectivity index (χ1n) is 7.85. The highest BCUT2D eigenvalue weighted by molar-refractivity contribution is 6.43. The molecule has 0 unspecified atom stereocenters. The third-order valence-electron chi connectivity index (χ3n) is 3.90. The van der Waals surface area contributed by atoms with Crippen molar-refractivity contribution in [3.8, 4) is 0 Å². The minimum atomic E-state index is -0.801. The highest BCUT2D eigenvalue weighted by atomic mass is 19.1. The van der Waals surface area contributed by atoms with Gasteiger partial charge in [-0.25, -0.2) is 4.39 Å². The molecule has 2 amide bonds. The predicted molar refractivity (Wildman–Crippen MR) is 91.5 cm³/mol. The fourth-order valence-electron chi connectivity index (χ4n) is 2.64. The van der Waals surface area contributed by atoms with Crippen LogP contribution in [0.5, 0.6) is 0 Å². The Balaban J connectivity index is 1.57. The molecule has 24 heavy (non-hydrogen) atoms. The van der Waals surface area contributed by atoms with Crippen LogP contribution in [0.1, 0.15) is 12.8 Å². The summed E-state index contributed by atoms with van der Waals surface area (Å²) in [6, 6.07) is 12.6. The van der Waals surface area contributed by atoms with E-state index in [1.54, 1.807) is 12.1 Å². The van der Waals surface area contributed by atoms with Crippen molar-refractivity contribution in [2.24, 2.45) is 0 Å². The van der Waals surface area contributed by atoms with Crippen molar-refractivity contribution < 1.29 is 14.0 Å². The summed E-state index contributed by atoms with van der Waals surface area (Å²) in [5.74, 6) is -1.98. The van der Waals surface area contributed by atoms with Crippen molar-refractivity contribution in [3.05, 3.63) is 54.3 Å². The maximum Gasteiger partial charge on any atom is 0.314 e. The number of halogens is 1. The van der Waals surface area contributed by atoms with E-state index in [0.717, 1.165) is 18.8 Å². The molecule has 0 spiro atoms. The van der Waals surface area contributed by atoms with Crippen LogP contribution in [0.3, 0.4) is 0 Å². The topological polar surface area (TPSA) is 61.4 Å². The number of anilines is 3. The molecule has 5 nitrogen and oxygen atoms in total. The van der Waals surface area contributed by atoms with Gasteiger partial charge in [0.2, 0.25) is 0 Å². The van der Waals surface area contributed by atoms with E-state index in [1.807, 2.05) is 12.1 Å². The van der Waals surface area contributed by atoms with Gasteiger partial charge in [-0.1, -0.05) is 0 Å². The summed E-state index contributed by atoms with van der Waals surface area (Å²) in [5.41, 5.74) is 2.03. The SMILES string of the molecule is O=C(Nc1ccc(F)cc1)C(=O)Nc1ccc(N2CCCC2)cc1. The van der Waals surface area contributed by atoms with Crippen molar-refractivity contribution >= 4 is 28.9 Å². The van der Waals surface area contributed by atoms with Gasteiger partial charge in [-0.15, -0.1) is 0 Å². The molecule has 2 aromatic rings. The van der Waals surface area contributed by atoms with Gasteiger partial charge in [0.05, 0.1) is 0 Å². The second kappa shape index (κ2) is 7.12. The van der Waals surface area contributed by atoms with Crippen LogP contribution in [-0.4, -0.2) is 24.9 Å². The molecule has 0 aromatic heterocycles. The van der Waals surface area contributed by atoms with Crippen LogP contribution in [0.15, 0.2) is 48.5 Å². The van der Waals surface area contributed by atoms with Crippen LogP contribution in [-0.2, 0) is 9.59 Å². The highest BCUT2D eigenvalue weighted by Gasteiger charge is 2.15. The molecular weight excluding hydrogens is 309 g/mol. The highest BCUT2D eigenvalue weighted by Crippen LogP contribution is 2.22. The van der Waals surface area contributed by atoms with Crippen LogP contribution < -0.4 is 15.5 Å². The number of amides is 2. The number of benzene rings is 2. The van der Waals surface area contributed by atoms with Gasteiger partial charge in [-0.2, -0.15) is 0 Å². The fourth-order valence-corrected chi connectivity index (χ4v) is 2.64. The Labute approximate surface area is 139 Å². The van der Waals surface area contributed by atoms with Gasteiger partial charge in [-0.05, 0) is 61.4 Å². The van der Waals surface area contributed by atoms with Crippen LogP contribution >= 0.6 is 0 Å². The van der Waals surface area contributed by atoms with Gasteiger partial charge in [0.25, 0.3) is 0 Å². The molecule has 2 N–H and O–H groups in total. The van der Waals surface area contributed by atoms with Crippen molar-refractivity contribution in [1.29, 1.82) is 0 Å². The van der Waals surface area contributed by atoms with Gasteiger partial charge in [-0.3, -0.25) is 9.59 Å². The van der Waals surface area contributed by atoms with Crippen molar-refractivity contribution in [2.75, 3.05) is 28.6 Å². The lowest BCUT2D eigenvalue weighted by atomic mass is 10.2. The maximum atomic E-state index is 12.8. The first-order valence-corrected chi connectivity index (χ1v) is 7.85. The zero-order valence-electron chi connectivity index (χ0n) is 13.1. The normalized spacial score (nSPS) is 13.6. The summed E-state index contributed by atoms with van der Waals surface area (Å²) < 4.78 is 12.8. The Hall–Kier alpha value is -2.89. The van der Waals surface area contributed by atoms with Gasteiger partial charge >= 0.3 is 11.8 Å². The Morgan fingerprint density at radius 3 is 1.75 bits per heavy atom. The first kappa shape index (κ1) is 16.0. The van der Waals surface area contributed by atoms with E-state index in [4.69, 9.17) is 0 Å². The molecule has 1 aliphatic rings. The molecule has 2 aromatic carbocycles. The van der Waals surface area contributed by atoms with Crippen LogP contribution in [0.25, 0.3) is 0 Å². The van der Waals surface area contributed by atoms with Crippen LogP contribution in [0.4, 0.5) is 21.5 Å². The molecule has 1 fully saturated rings. The number of hydrogen-bond acceptors (Lipinski definition) is 3. The Morgan fingerprint density at radius 2 is 1.25 bits per heavy atom. The van der Waals surface area contributed by atoms with Gasteiger partial charge < -0.3 is 15.5 Å². The van der Waals surface area contributed by atoms with E-state index in [9.17, 15) is 14.0 Å². The number of carbonyl (C=O) groups is 2. The summed E-state index contributed by atoms with van der Waals surface area (Å²) in [4.78, 5) is 26.1. The lowest BCUT2D eigenvalue weighted by Gasteiger charge is -2.17. The molecule has 1 saturated heterocycles. The summed E-state index contributed by atoms with van der Waals surface area (Å²) in [6.07, 6.45) is 2.39. The lowest BCUT2D eigenvalue weighted by molar-refractivity contribution is -0.132. The van der Waals surface area contributed by atoms with Crippen molar-refractivity contribution in [3.63, 3.8) is 0 Å². The smallest absolute Gasteiger partial charge is 0.314 e. The number of nitrogens with one attached hydrogen (secondary N) is 2. The van der Waals surface area contributed by atoms with E-state index in [2.05, 4.69) is 15.5 Å². The monoisotopic (exact) mass is 327 g/mol. The molecule has 0 bridgehead atoms. The molecule has 0 aliphatic carbocycles. The van der Waals surface area contributed by atoms with Gasteiger partial charge in [0, 0.05) is 30.2 Å². The van der Waals surface area contributed by atoms with E-state index < -0.39 is 17.6 Å². The fraction of sp³-hybridized carbons (Fsp3) is 0.222. The zero-order valence-corrected chi connectivity index (χ0v) is 13.1. The molecule has 0 saturated carbocycles. The van der Waals surface area contributed by atoms with Crippen LogP contribution in [0, 0.1) is 5.82 Å². The van der Waals surface area contributed by atoms with E-state index in [0.29, 0.717) is 11.4 Å². The molecule has 6 heteroatoms. The summed E-state index contributed by atoms with van der Waals surface area (Å²) in [6.45, 7) is 2.09. The molecule has 1 heterocycles. The van der Waals surface area contributed by atoms with Gasteiger partial charge in [0.1, 0.15) is 5.82 Å². The van der Waals surface area contributed by atoms with Gasteiger partial charge in [0.15, 0.2) is 0 Å². The Morgan fingerprint density at radius 1 is 0.792 bits per heavy atom. The van der Waals surface area contributed by atoms with Crippen molar-refractivity contribution in [2.45, 2.75) is 12.8 Å². The minimum Gasteiger partial charge on any atom is -0.372 e. The van der Waals surface area contributed by atoms with Crippen LogP contribution in [0.2, 0.25) is 0 Å². The summed E-state index contributed by atoms with van der Waals surface area (Å²) in [5, 5.41) is 4.97. The quantitative estimate of drug-likeness (QED) is 0.852. The number of nitrogens with zero attached hydrogens (tertiary/aromatic N) is 1. The molecule has 0 radical (unpaired) electrons. The van der Waals surface area contributed by atoms with E-state index in [1.165, 1.54) is 37.1 Å². The standard InChI is InChI=1S/C18H18FN3O2/c19-13-3-5-14(6-4-13)20-17(23)18(24)21-15-7-9-16(10-8-15)22-11-1-2-12-22/h3-10H,1-2,11-12H2,(H,20,23)(H,21,24). The van der Waals surface area contributed by atoms with E-state index in [-0.39, 0.29) is 0 Å². The second-order valence-electron chi connectivity index (χ2n) is 5.66. The molecule has 124 valence electrons. The summed E-state index contributed by atoms with van der Waals surface area (Å²) >= 11 is 0. The van der Waals surface area contributed by atoms with E-state index >= 15 is 0 Å². The third kappa shape index (κ3) is 3.90. The van der Waals surface area contributed by atoms with Crippen molar-refractivity contribution in [1.82, 2.24) is 0 Å². The number of hydrogen-bond donors (Lipinski definition) is 2. The Kier molecular flexibility index (Phi) is 4.74.